The molecule has 0 amide bonds. The third-order valence-electron chi connectivity index (χ3n) is 2.39. The Morgan fingerprint density at radius 1 is 1.33 bits per heavy atom. The van der Waals surface area contributed by atoms with E-state index in [2.05, 4.69) is 56.6 Å². The molecule has 0 aliphatic rings. The quantitative estimate of drug-likeness (QED) is 0.711. The molecule has 1 heteroatoms. The van der Waals surface area contributed by atoms with Gasteiger partial charge in [-0.25, -0.2) is 0 Å². The van der Waals surface area contributed by atoms with E-state index in [1.807, 2.05) is 0 Å². The van der Waals surface area contributed by atoms with Gasteiger partial charge in [-0.3, -0.25) is 0 Å². The van der Waals surface area contributed by atoms with E-state index in [0.29, 0.717) is 5.92 Å². The van der Waals surface area contributed by atoms with E-state index in [-0.39, 0.29) is 0 Å². The molecule has 0 spiro atoms. The van der Waals surface area contributed by atoms with Crippen LogP contribution in [-0.2, 0) is 0 Å². The van der Waals surface area contributed by atoms with Crippen LogP contribution in [0.5, 0.6) is 0 Å². The van der Waals surface area contributed by atoms with Crippen molar-refractivity contribution in [2.45, 2.75) is 19.8 Å². The van der Waals surface area contributed by atoms with Gasteiger partial charge in [0.25, 0.3) is 0 Å². The van der Waals surface area contributed by atoms with E-state index in [1.165, 1.54) is 5.56 Å². The van der Waals surface area contributed by atoms with E-state index < -0.39 is 0 Å². The fourth-order valence-electron chi connectivity index (χ4n) is 1.27. The van der Waals surface area contributed by atoms with Crippen molar-refractivity contribution in [1.82, 2.24) is 0 Å². The van der Waals surface area contributed by atoms with Crippen LogP contribution in [0.1, 0.15) is 25.3 Å². The minimum atomic E-state index is 0.585. The summed E-state index contributed by atoms with van der Waals surface area (Å²) in [5.74, 6) is 0.585. The molecule has 1 nitrogen and oxygen atoms in total. The van der Waals surface area contributed by atoms with Gasteiger partial charge in [0.1, 0.15) is 0 Å². The first-order valence-electron chi connectivity index (χ1n) is 5.27. The molecular formula is C14H19N. The van der Waals surface area contributed by atoms with Crippen LogP contribution in [0.3, 0.4) is 0 Å². The van der Waals surface area contributed by atoms with Crippen molar-refractivity contribution in [3.8, 4) is 0 Å². The minimum absolute atomic E-state index is 0.585. The minimum Gasteiger partial charge on any atom is -0.381 e. The summed E-state index contributed by atoms with van der Waals surface area (Å²) >= 11 is 0. The summed E-state index contributed by atoms with van der Waals surface area (Å²) in [6.45, 7) is 12.7. The summed E-state index contributed by atoms with van der Waals surface area (Å²) in [5, 5.41) is 3.29. The van der Waals surface area contributed by atoms with Crippen LogP contribution in [0.15, 0.2) is 49.1 Å². The van der Waals surface area contributed by atoms with Crippen molar-refractivity contribution in [2.24, 2.45) is 0 Å². The summed E-state index contributed by atoms with van der Waals surface area (Å²) in [6, 6.07) is 8.52. The topological polar surface area (TPSA) is 12.0 Å². The fraction of sp³-hybridized carbons (Fsp3) is 0.286. The second kappa shape index (κ2) is 5.40. The van der Waals surface area contributed by atoms with Crippen LogP contribution in [0.25, 0.3) is 0 Å². The lowest BCUT2D eigenvalue weighted by Gasteiger charge is -2.09. The van der Waals surface area contributed by atoms with Crippen molar-refractivity contribution >= 4 is 5.69 Å². The largest absolute Gasteiger partial charge is 0.381 e. The monoisotopic (exact) mass is 201 g/mol. The molecular weight excluding hydrogens is 182 g/mol. The molecule has 0 aromatic heterocycles. The van der Waals surface area contributed by atoms with Gasteiger partial charge in [-0.2, -0.15) is 0 Å². The van der Waals surface area contributed by atoms with Gasteiger partial charge in [-0.1, -0.05) is 45.2 Å². The maximum absolute atomic E-state index is 3.85. The Morgan fingerprint density at radius 3 is 2.40 bits per heavy atom. The maximum Gasteiger partial charge on any atom is 0.0394 e. The lowest BCUT2D eigenvalue weighted by molar-refractivity contribution is 0.867. The number of hydrogen-bond acceptors (Lipinski definition) is 1. The van der Waals surface area contributed by atoms with Crippen LogP contribution in [-0.4, -0.2) is 6.54 Å². The third kappa shape index (κ3) is 3.62. The average Bonchev–Trinajstić information content (AvgIpc) is 2.26. The maximum atomic E-state index is 3.85. The summed E-state index contributed by atoms with van der Waals surface area (Å²) in [5.41, 5.74) is 3.49. The molecule has 0 aliphatic heterocycles. The first-order chi connectivity index (χ1) is 7.13. The molecule has 0 saturated heterocycles. The first-order valence-corrected chi connectivity index (χ1v) is 5.27. The summed E-state index contributed by atoms with van der Waals surface area (Å²) < 4.78 is 0. The second-order valence-electron chi connectivity index (χ2n) is 3.99. The van der Waals surface area contributed by atoms with Crippen molar-refractivity contribution in [2.75, 3.05) is 11.9 Å². The van der Waals surface area contributed by atoms with Crippen LogP contribution >= 0.6 is 0 Å². The predicted molar refractivity (Wildman–Crippen MR) is 68.4 cm³/mol. The Labute approximate surface area is 92.5 Å². The SMILES string of the molecule is C=CC(=C)CNc1ccc(C(C)C)cc1. The van der Waals surface area contributed by atoms with Crippen molar-refractivity contribution < 1.29 is 0 Å². The van der Waals surface area contributed by atoms with Gasteiger partial charge in [-0.15, -0.1) is 0 Å². The molecule has 0 atom stereocenters. The van der Waals surface area contributed by atoms with Gasteiger partial charge in [-0.05, 0) is 29.2 Å². The van der Waals surface area contributed by atoms with Gasteiger partial charge in [0.05, 0.1) is 0 Å². The summed E-state index contributed by atoms with van der Waals surface area (Å²) in [4.78, 5) is 0. The van der Waals surface area contributed by atoms with Gasteiger partial charge in [0.2, 0.25) is 0 Å². The first kappa shape index (κ1) is 11.6. The zero-order valence-electron chi connectivity index (χ0n) is 9.59. The van der Waals surface area contributed by atoms with E-state index in [0.717, 1.165) is 17.8 Å². The molecule has 0 radical (unpaired) electrons. The van der Waals surface area contributed by atoms with Crippen LogP contribution in [0, 0.1) is 0 Å². The highest BCUT2D eigenvalue weighted by Crippen LogP contribution is 2.17. The second-order valence-corrected chi connectivity index (χ2v) is 3.99. The van der Waals surface area contributed by atoms with E-state index in [4.69, 9.17) is 0 Å². The average molecular weight is 201 g/mol. The molecule has 0 aliphatic carbocycles. The number of anilines is 1. The van der Waals surface area contributed by atoms with Crippen molar-refractivity contribution in [3.05, 3.63) is 54.6 Å². The lowest BCUT2D eigenvalue weighted by Crippen LogP contribution is -2.02. The molecule has 1 N–H and O–H groups in total. The summed E-state index contributed by atoms with van der Waals surface area (Å²) in [7, 11) is 0. The highest BCUT2D eigenvalue weighted by Gasteiger charge is 1.98. The molecule has 15 heavy (non-hydrogen) atoms. The van der Waals surface area contributed by atoms with Crippen LogP contribution in [0.2, 0.25) is 0 Å². The zero-order valence-corrected chi connectivity index (χ0v) is 9.59. The Morgan fingerprint density at radius 2 is 1.93 bits per heavy atom. The highest BCUT2D eigenvalue weighted by atomic mass is 14.9. The van der Waals surface area contributed by atoms with Crippen molar-refractivity contribution in [3.63, 3.8) is 0 Å². The molecule has 80 valence electrons. The molecule has 0 fully saturated rings. The summed E-state index contributed by atoms with van der Waals surface area (Å²) in [6.07, 6.45) is 1.77. The van der Waals surface area contributed by atoms with Gasteiger partial charge in [0, 0.05) is 12.2 Å². The third-order valence-corrected chi connectivity index (χ3v) is 2.39. The normalized spacial score (nSPS) is 10.1. The molecule has 1 rings (SSSR count). The molecule has 1 aromatic carbocycles. The number of nitrogens with one attached hydrogen (secondary N) is 1. The smallest absolute Gasteiger partial charge is 0.0394 e. The van der Waals surface area contributed by atoms with E-state index >= 15 is 0 Å². The van der Waals surface area contributed by atoms with Gasteiger partial charge >= 0.3 is 0 Å². The number of hydrogen-bond donors (Lipinski definition) is 1. The standard InChI is InChI=1S/C14H19N/c1-5-12(4)10-15-14-8-6-13(7-9-14)11(2)3/h5-9,11,15H,1,4,10H2,2-3H3. The molecule has 0 saturated carbocycles. The predicted octanol–water partition coefficient (Wildman–Crippen LogP) is 3.96. The Bertz CT molecular complexity index is 333. The van der Waals surface area contributed by atoms with Gasteiger partial charge in [0.15, 0.2) is 0 Å². The van der Waals surface area contributed by atoms with Crippen LogP contribution < -0.4 is 5.32 Å². The number of rotatable bonds is 5. The molecule has 0 heterocycles. The lowest BCUT2D eigenvalue weighted by atomic mass is 10.0. The van der Waals surface area contributed by atoms with E-state index in [1.54, 1.807) is 6.08 Å². The Balaban J connectivity index is 2.57. The van der Waals surface area contributed by atoms with E-state index in [9.17, 15) is 0 Å². The Kier molecular flexibility index (Phi) is 4.17. The molecule has 0 bridgehead atoms. The molecule has 1 aromatic rings. The highest BCUT2D eigenvalue weighted by molar-refractivity contribution is 5.46. The Hall–Kier alpha value is -1.50. The van der Waals surface area contributed by atoms with Crippen LogP contribution in [0.4, 0.5) is 5.69 Å². The van der Waals surface area contributed by atoms with Gasteiger partial charge < -0.3 is 5.32 Å². The van der Waals surface area contributed by atoms with Crippen molar-refractivity contribution in [1.29, 1.82) is 0 Å². The number of benzene rings is 1. The fourth-order valence-corrected chi connectivity index (χ4v) is 1.27. The zero-order chi connectivity index (χ0) is 11.3. The molecule has 0 unspecified atom stereocenters.